The highest BCUT2D eigenvalue weighted by Gasteiger charge is 2.90. The number of ether oxygens (including phenoxy) is 2. The average molecular weight is 284 g/mol. The van der Waals surface area contributed by atoms with Crippen LogP contribution in [0.1, 0.15) is 0 Å². The standard InChI is InChI=1S/C8H4F8O2/c9-5(10)1-2(6(11,12)17-5)4-3(1)7(13,14)18-8(4,15)16/h1-4H. The number of alkyl halides is 8. The van der Waals surface area contributed by atoms with E-state index in [1.165, 1.54) is 0 Å². The van der Waals surface area contributed by atoms with Crippen molar-refractivity contribution in [3.8, 4) is 0 Å². The molecule has 3 rings (SSSR count). The SMILES string of the molecule is FC1(F)OC(F)(F)C2C1C1C2C(F)(F)OC1(F)F. The van der Waals surface area contributed by atoms with Gasteiger partial charge in [-0.15, -0.1) is 0 Å². The molecule has 0 atom stereocenters. The molecule has 3 aliphatic rings. The molecule has 10 heteroatoms. The highest BCUT2D eigenvalue weighted by atomic mass is 19.3. The third-order valence-corrected chi connectivity index (χ3v) is 3.64. The molecule has 0 spiro atoms. The first-order valence-electron chi connectivity index (χ1n) is 4.82. The van der Waals surface area contributed by atoms with E-state index in [2.05, 4.69) is 9.47 Å². The molecule has 2 aliphatic heterocycles. The molecule has 3 fully saturated rings. The van der Waals surface area contributed by atoms with Gasteiger partial charge in [0, 0.05) is 0 Å². The Kier molecular flexibility index (Phi) is 1.90. The van der Waals surface area contributed by atoms with Crippen molar-refractivity contribution in [3.63, 3.8) is 0 Å². The zero-order valence-corrected chi connectivity index (χ0v) is 8.15. The summed E-state index contributed by atoms with van der Waals surface area (Å²) in [7, 11) is 0. The van der Waals surface area contributed by atoms with Gasteiger partial charge in [0.2, 0.25) is 0 Å². The minimum Gasteiger partial charge on any atom is -0.255 e. The molecule has 0 aromatic carbocycles. The van der Waals surface area contributed by atoms with Crippen LogP contribution < -0.4 is 0 Å². The summed E-state index contributed by atoms with van der Waals surface area (Å²) in [5.74, 6) is -10.7. The number of hydrogen-bond donors (Lipinski definition) is 0. The van der Waals surface area contributed by atoms with E-state index in [0.717, 1.165) is 0 Å². The van der Waals surface area contributed by atoms with E-state index in [4.69, 9.17) is 0 Å². The molecule has 1 aliphatic carbocycles. The van der Waals surface area contributed by atoms with Crippen LogP contribution in [0, 0.1) is 23.7 Å². The summed E-state index contributed by atoms with van der Waals surface area (Å²) in [5, 5.41) is 0. The summed E-state index contributed by atoms with van der Waals surface area (Å²) in [6.45, 7) is 0. The summed E-state index contributed by atoms with van der Waals surface area (Å²) >= 11 is 0. The first kappa shape index (κ1) is 12.4. The van der Waals surface area contributed by atoms with Gasteiger partial charge < -0.3 is 0 Å². The van der Waals surface area contributed by atoms with Crippen molar-refractivity contribution in [2.24, 2.45) is 23.7 Å². The molecular weight excluding hydrogens is 280 g/mol. The van der Waals surface area contributed by atoms with Crippen LogP contribution in [0.4, 0.5) is 35.1 Å². The van der Waals surface area contributed by atoms with Crippen LogP contribution in [0.2, 0.25) is 0 Å². The molecular formula is C8H4F8O2. The van der Waals surface area contributed by atoms with Crippen molar-refractivity contribution >= 4 is 0 Å². The first-order chi connectivity index (χ1) is 7.90. The molecule has 0 bridgehead atoms. The fourth-order valence-electron chi connectivity index (χ4n) is 3.06. The summed E-state index contributed by atoms with van der Waals surface area (Å²) in [5.41, 5.74) is 0. The molecule has 0 aromatic heterocycles. The Morgan fingerprint density at radius 2 is 0.611 bits per heavy atom. The molecule has 2 heterocycles. The zero-order valence-electron chi connectivity index (χ0n) is 8.15. The Balaban J connectivity index is 2.06. The molecule has 0 amide bonds. The van der Waals surface area contributed by atoms with E-state index in [1.807, 2.05) is 0 Å². The van der Waals surface area contributed by atoms with Crippen LogP contribution in [0.5, 0.6) is 0 Å². The molecule has 104 valence electrons. The lowest BCUT2D eigenvalue weighted by atomic mass is 9.57. The van der Waals surface area contributed by atoms with Gasteiger partial charge >= 0.3 is 24.4 Å². The van der Waals surface area contributed by atoms with Crippen LogP contribution in [-0.4, -0.2) is 24.4 Å². The highest BCUT2D eigenvalue weighted by Crippen LogP contribution is 2.75. The number of hydrogen-bond acceptors (Lipinski definition) is 2. The minimum absolute atomic E-state index is 2.68. The van der Waals surface area contributed by atoms with Gasteiger partial charge in [-0.3, -0.25) is 9.47 Å². The Hall–Kier alpha value is -0.640. The van der Waals surface area contributed by atoms with E-state index in [0.29, 0.717) is 0 Å². The Labute approximate surface area is 93.8 Å². The van der Waals surface area contributed by atoms with E-state index < -0.39 is 48.1 Å². The molecule has 2 nitrogen and oxygen atoms in total. The monoisotopic (exact) mass is 284 g/mol. The maximum Gasteiger partial charge on any atom is 0.364 e. The van der Waals surface area contributed by atoms with Crippen LogP contribution in [0.15, 0.2) is 0 Å². The predicted octanol–water partition coefficient (Wildman–Crippen LogP) is 2.90. The Morgan fingerprint density at radius 1 is 0.444 bits per heavy atom. The highest BCUT2D eigenvalue weighted by molar-refractivity contribution is 5.15. The largest absolute Gasteiger partial charge is 0.364 e. The van der Waals surface area contributed by atoms with E-state index in [9.17, 15) is 35.1 Å². The number of fused-ring (bicyclic) bond motifs is 4. The van der Waals surface area contributed by atoms with Crippen molar-refractivity contribution in [1.29, 1.82) is 0 Å². The van der Waals surface area contributed by atoms with Gasteiger partial charge in [0.15, 0.2) is 0 Å². The van der Waals surface area contributed by atoms with Crippen LogP contribution in [-0.2, 0) is 9.47 Å². The van der Waals surface area contributed by atoms with Crippen molar-refractivity contribution in [2.45, 2.75) is 24.4 Å². The zero-order chi connectivity index (χ0) is 13.7. The second kappa shape index (κ2) is 2.77. The maximum atomic E-state index is 13.0. The fourth-order valence-corrected chi connectivity index (χ4v) is 3.06. The predicted molar refractivity (Wildman–Crippen MR) is 35.9 cm³/mol. The second-order valence-corrected chi connectivity index (χ2v) is 4.55. The topological polar surface area (TPSA) is 18.5 Å². The van der Waals surface area contributed by atoms with Crippen LogP contribution in [0.25, 0.3) is 0 Å². The van der Waals surface area contributed by atoms with Gasteiger partial charge in [-0.05, 0) is 0 Å². The third-order valence-electron chi connectivity index (χ3n) is 3.64. The minimum atomic E-state index is -4.58. The number of rotatable bonds is 0. The average Bonchev–Trinajstić information content (AvgIpc) is 2.11. The lowest BCUT2D eigenvalue weighted by molar-refractivity contribution is -0.363. The summed E-state index contributed by atoms with van der Waals surface area (Å²) in [4.78, 5) is 0. The molecule has 0 unspecified atom stereocenters. The van der Waals surface area contributed by atoms with Crippen molar-refractivity contribution in [3.05, 3.63) is 0 Å². The van der Waals surface area contributed by atoms with Gasteiger partial charge in [0.05, 0.1) is 23.7 Å². The lowest BCUT2D eigenvalue weighted by Gasteiger charge is -2.44. The molecule has 0 aromatic rings. The number of halogens is 8. The maximum absolute atomic E-state index is 13.0. The summed E-state index contributed by atoms with van der Waals surface area (Å²) < 4.78 is 110. The van der Waals surface area contributed by atoms with Crippen molar-refractivity contribution in [1.82, 2.24) is 0 Å². The fraction of sp³-hybridized carbons (Fsp3) is 1.00. The van der Waals surface area contributed by atoms with Crippen molar-refractivity contribution in [2.75, 3.05) is 0 Å². The summed E-state index contributed by atoms with van der Waals surface area (Å²) in [6.07, 6.45) is -18.3. The van der Waals surface area contributed by atoms with Crippen molar-refractivity contribution < 1.29 is 44.6 Å². The van der Waals surface area contributed by atoms with Gasteiger partial charge in [-0.1, -0.05) is 0 Å². The lowest BCUT2D eigenvalue weighted by Crippen LogP contribution is -2.58. The first-order valence-corrected chi connectivity index (χ1v) is 4.82. The smallest absolute Gasteiger partial charge is 0.255 e. The van der Waals surface area contributed by atoms with E-state index in [1.54, 1.807) is 0 Å². The normalized spacial score (nSPS) is 49.3. The van der Waals surface area contributed by atoms with Gasteiger partial charge in [0.25, 0.3) is 0 Å². The van der Waals surface area contributed by atoms with E-state index in [-0.39, 0.29) is 0 Å². The van der Waals surface area contributed by atoms with Gasteiger partial charge in [-0.25, -0.2) is 0 Å². The second-order valence-electron chi connectivity index (χ2n) is 4.55. The summed E-state index contributed by atoms with van der Waals surface area (Å²) in [6, 6.07) is 0. The van der Waals surface area contributed by atoms with Gasteiger partial charge in [0.1, 0.15) is 0 Å². The molecule has 2 saturated heterocycles. The third kappa shape index (κ3) is 1.20. The van der Waals surface area contributed by atoms with Crippen LogP contribution >= 0.6 is 0 Å². The molecule has 18 heavy (non-hydrogen) atoms. The Morgan fingerprint density at radius 3 is 0.778 bits per heavy atom. The molecule has 0 radical (unpaired) electrons. The molecule has 1 saturated carbocycles. The van der Waals surface area contributed by atoms with Crippen LogP contribution in [0.3, 0.4) is 0 Å². The quantitative estimate of drug-likeness (QED) is 0.637. The Bertz CT molecular complexity index is 326. The van der Waals surface area contributed by atoms with Gasteiger partial charge in [-0.2, -0.15) is 35.1 Å². The van der Waals surface area contributed by atoms with E-state index >= 15 is 0 Å². The molecule has 0 N–H and O–H groups in total.